The van der Waals surface area contributed by atoms with Gasteiger partial charge in [0, 0.05) is 12.7 Å². The summed E-state index contributed by atoms with van der Waals surface area (Å²) in [6.45, 7) is 1.95. The first-order chi connectivity index (χ1) is 9.65. The number of imidazole rings is 1. The third-order valence-electron chi connectivity index (χ3n) is 3.32. The fourth-order valence-corrected chi connectivity index (χ4v) is 2.59. The number of methoxy groups -OCH3 is 1. The summed E-state index contributed by atoms with van der Waals surface area (Å²) in [5.74, 6) is 1.97. The first-order valence-electron chi connectivity index (χ1n) is 6.27. The van der Waals surface area contributed by atoms with Crippen molar-refractivity contribution in [2.24, 2.45) is 7.05 Å². The van der Waals surface area contributed by atoms with Crippen molar-refractivity contribution in [1.29, 1.82) is 0 Å². The Bertz CT molecular complexity index is 758. The van der Waals surface area contributed by atoms with Crippen molar-refractivity contribution in [2.45, 2.75) is 12.8 Å². The molecule has 0 unspecified atom stereocenters. The number of aryl methyl sites for hydroxylation is 2. The molecule has 104 valence electrons. The Morgan fingerprint density at radius 3 is 2.55 bits per heavy atom. The summed E-state index contributed by atoms with van der Waals surface area (Å²) in [5.41, 5.74) is 3.73. The molecule has 0 fully saturated rings. The van der Waals surface area contributed by atoms with Gasteiger partial charge in [0.05, 0.1) is 18.7 Å². The quantitative estimate of drug-likeness (QED) is 0.697. The molecule has 5 nitrogen and oxygen atoms in total. The fraction of sp³-hybridized carbons (Fsp3) is 0.286. The highest BCUT2D eigenvalue weighted by Gasteiger charge is 2.17. The van der Waals surface area contributed by atoms with Crippen LogP contribution in [0.5, 0.6) is 5.75 Å². The number of fused-ring (bicyclic) bond motifs is 1. The van der Waals surface area contributed by atoms with Crippen LogP contribution >= 0.6 is 11.6 Å². The van der Waals surface area contributed by atoms with Crippen molar-refractivity contribution in [3.63, 3.8) is 0 Å². The van der Waals surface area contributed by atoms with Crippen molar-refractivity contribution in [3.05, 3.63) is 35.8 Å². The molecule has 3 aromatic rings. The molecule has 0 aliphatic rings. The van der Waals surface area contributed by atoms with Gasteiger partial charge < -0.3 is 4.74 Å². The summed E-state index contributed by atoms with van der Waals surface area (Å²) in [5, 5.41) is 4.41. The summed E-state index contributed by atoms with van der Waals surface area (Å²) >= 11 is 6.04. The molecule has 0 radical (unpaired) electrons. The van der Waals surface area contributed by atoms with Crippen LogP contribution in [-0.2, 0) is 12.9 Å². The lowest BCUT2D eigenvalue weighted by molar-refractivity contribution is 0.414. The Morgan fingerprint density at radius 2 is 1.95 bits per heavy atom. The zero-order chi connectivity index (χ0) is 14.3. The molecule has 2 aromatic heterocycles. The summed E-state index contributed by atoms with van der Waals surface area (Å²) in [6, 6.07) is 7.81. The van der Waals surface area contributed by atoms with Crippen LogP contribution in [0.3, 0.4) is 0 Å². The molecule has 0 bridgehead atoms. The maximum Gasteiger partial charge on any atom is 0.163 e. The van der Waals surface area contributed by atoms with Crippen molar-refractivity contribution >= 4 is 22.8 Å². The Balaban J connectivity index is 2.27. The average Bonchev–Trinajstić information content (AvgIpc) is 2.98. The molecule has 2 heterocycles. The number of aromatic nitrogens is 4. The number of benzene rings is 1. The number of halogens is 1. The SMILES string of the molecule is COc1ccc(-n2c(CCl)nc3c(C)nn(C)c32)cc1. The fourth-order valence-electron chi connectivity index (χ4n) is 2.41. The first-order valence-corrected chi connectivity index (χ1v) is 6.80. The van der Waals surface area contributed by atoms with E-state index in [0.717, 1.165) is 34.1 Å². The molecule has 0 amide bonds. The summed E-state index contributed by atoms with van der Waals surface area (Å²) in [4.78, 5) is 4.59. The van der Waals surface area contributed by atoms with Crippen LogP contribution in [0.15, 0.2) is 24.3 Å². The van der Waals surface area contributed by atoms with Crippen molar-refractivity contribution in [2.75, 3.05) is 7.11 Å². The van der Waals surface area contributed by atoms with E-state index in [9.17, 15) is 0 Å². The van der Waals surface area contributed by atoms with Gasteiger partial charge in [0.15, 0.2) is 5.65 Å². The molecule has 0 saturated heterocycles. The summed E-state index contributed by atoms with van der Waals surface area (Å²) in [7, 11) is 3.56. The predicted molar refractivity (Wildman–Crippen MR) is 78.7 cm³/mol. The molecule has 0 N–H and O–H groups in total. The smallest absolute Gasteiger partial charge is 0.163 e. The molecule has 0 saturated carbocycles. The first kappa shape index (κ1) is 13.0. The number of alkyl halides is 1. The lowest BCUT2D eigenvalue weighted by Gasteiger charge is -2.09. The van der Waals surface area contributed by atoms with E-state index in [1.165, 1.54) is 0 Å². The third kappa shape index (κ3) is 1.86. The van der Waals surface area contributed by atoms with Gasteiger partial charge in [0.2, 0.25) is 0 Å². The molecule has 6 heteroatoms. The maximum atomic E-state index is 6.04. The monoisotopic (exact) mass is 290 g/mol. The van der Waals surface area contributed by atoms with E-state index in [0.29, 0.717) is 5.88 Å². The van der Waals surface area contributed by atoms with Crippen LogP contribution < -0.4 is 4.74 Å². The van der Waals surface area contributed by atoms with E-state index < -0.39 is 0 Å². The van der Waals surface area contributed by atoms with E-state index >= 15 is 0 Å². The van der Waals surface area contributed by atoms with Gasteiger partial charge in [0.1, 0.15) is 17.1 Å². The minimum Gasteiger partial charge on any atom is -0.497 e. The topological polar surface area (TPSA) is 44.9 Å². The van der Waals surface area contributed by atoms with E-state index in [1.807, 2.05) is 47.5 Å². The zero-order valence-corrected chi connectivity index (χ0v) is 12.3. The summed E-state index contributed by atoms with van der Waals surface area (Å²) < 4.78 is 9.05. The van der Waals surface area contributed by atoms with Gasteiger partial charge in [-0.3, -0.25) is 4.57 Å². The minimum absolute atomic E-state index is 0.347. The van der Waals surface area contributed by atoms with Gasteiger partial charge in [-0.2, -0.15) is 5.10 Å². The molecule has 3 rings (SSSR count). The average molecular weight is 291 g/mol. The van der Waals surface area contributed by atoms with Crippen molar-refractivity contribution in [1.82, 2.24) is 19.3 Å². The van der Waals surface area contributed by atoms with Crippen LogP contribution in [-0.4, -0.2) is 26.4 Å². The van der Waals surface area contributed by atoms with Crippen LogP contribution in [0.25, 0.3) is 16.9 Å². The number of hydrogen-bond acceptors (Lipinski definition) is 3. The molecule has 20 heavy (non-hydrogen) atoms. The van der Waals surface area contributed by atoms with E-state index in [4.69, 9.17) is 16.3 Å². The molecular weight excluding hydrogens is 276 g/mol. The third-order valence-corrected chi connectivity index (χ3v) is 3.56. The molecule has 1 aromatic carbocycles. The lowest BCUT2D eigenvalue weighted by atomic mass is 10.3. The van der Waals surface area contributed by atoms with Crippen molar-refractivity contribution < 1.29 is 4.74 Å². The lowest BCUT2D eigenvalue weighted by Crippen LogP contribution is -2.04. The van der Waals surface area contributed by atoms with Crippen LogP contribution in [0.4, 0.5) is 0 Å². The van der Waals surface area contributed by atoms with E-state index in [1.54, 1.807) is 7.11 Å². The number of hydrogen-bond donors (Lipinski definition) is 0. The van der Waals surface area contributed by atoms with E-state index in [2.05, 4.69) is 10.1 Å². The Morgan fingerprint density at radius 1 is 1.25 bits per heavy atom. The normalized spacial score (nSPS) is 11.2. The van der Waals surface area contributed by atoms with Gasteiger partial charge in [-0.15, -0.1) is 11.6 Å². The zero-order valence-electron chi connectivity index (χ0n) is 11.6. The Kier molecular flexibility index (Phi) is 3.14. The standard InChI is InChI=1S/C14H15ClN4O/c1-9-13-14(18(2)17-9)19(12(8-15)16-13)10-4-6-11(20-3)7-5-10/h4-7H,8H2,1-3H3. The molecule has 0 aliphatic carbocycles. The second-order valence-electron chi connectivity index (χ2n) is 4.58. The van der Waals surface area contributed by atoms with Crippen molar-refractivity contribution in [3.8, 4) is 11.4 Å². The number of nitrogens with zero attached hydrogens (tertiary/aromatic N) is 4. The van der Waals surface area contributed by atoms with Gasteiger partial charge in [-0.25, -0.2) is 9.67 Å². The van der Waals surface area contributed by atoms with Crippen LogP contribution in [0.2, 0.25) is 0 Å². The molecule has 0 spiro atoms. The van der Waals surface area contributed by atoms with E-state index in [-0.39, 0.29) is 0 Å². The second-order valence-corrected chi connectivity index (χ2v) is 4.84. The highest BCUT2D eigenvalue weighted by molar-refractivity contribution is 6.17. The van der Waals surface area contributed by atoms with Gasteiger partial charge >= 0.3 is 0 Å². The predicted octanol–water partition coefficient (Wildman–Crippen LogP) is 2.81. The maximum absolute atomic E-state index is 6.04. The second kappa shape index (κ2) is 4.83. The van der Waals surface area contributed by atoms with Gasteiger partial charge in [0.25, 0.3) is 0 Å². The Labute approximate surface area is 121 Å². The van der Waals surface area contributed by atoms with Gasteiger partial charge in [-0.1, -0.05) is 0 Å². The minimum atomic E-state index is 0.347. The number of rotatable bonds is 3. The van der Waals surface area contributed by atoms with Crippen LogP contribution in [0, 0.1) is 6.92 Å². The highest BCUT2D eigenvalue weighted by atomic mass is 35.5. The Hall–Kier alpha value is -2.01. The highest BCUT2D eigenvalue weighted by Crippen LogP contribution is 2.25. The molecule has 0 aliphatic heterocycles. The number of ether oxygens (including phenoxy) is 1. The van der Waals surface area contributed by atoms with Gasteiger partial charge in [-0.05, 0) is 31.2 Å². The van der Waals surface area contributed by atoms with Crippen LogP contribution in [0.1, 0.15) is 11.5 Å². The summed E-state index contributed by atoms with van der Waals surface area (Å²) in [6.07, 6.45) is 0. The largest absolute Gasteiger partial charge is 0.497 e. The molecular formula is C14H15ClN4O. The molecule has 0 atom stereocenters.